The number of nitrogens with zero attached hydrogens (tertiary/aromatic N) is 3. The Morgan fingerprint density at radius 2 is 2.04 bits per heavy atom. The first-order chi connectivity index (χ1) is 10.7. The highest BCUT2D eigenvalue weighted by Gasteiger charge is 2.24. The average molecular weight is 336 g/mol. The Balaban J connectivity index is 2.44. The quantitative estimate of drug-likeness (QED) is 0.879. The van der Waals surface area contributed by atoms with E-state index in [1.54, 1.807) is 10.7 Å². The lowest BCUT2D eigenvalue weighted by atomic mass is 10.1. The maximum atomic E-state index is 12.4. The van der Waals surface area contributed by atoms with Gasteiger partial charge in [-0.25, -0.2) is 9.67 Å². The van der Waals surface area contributed by atoms with Gasteiger partial charge < -0.3 is 11.1 Å². The van der Waals surface area contributed by atoms with Crippen LogP contribution in [0.1, 0.15) is 50.1 Å². The molecule has 0 unspecified atom stereocenters. The summed E-state index contributed by atoms with van der Waals surface area (Å²) in [5.74, 6) is 0.514. The van der Waals surface area contributed by atoms with Crippen molar-refractivity contribution < 1.29 is 4.79 Å². The smallest absolute Gasteiger partial charge is 0.291 e. The maximum absolute atomic E-state index is 12.4. The summed E-state index contributed by atoms with van der Waals surface area (Å²) in [4.78, 5) is 16.8. The van der Waals surface area contributed by atoms with Crippen molar-refractivity contribution in [1.29, 1.82) is 0 Å². The van der Waals surface area contributed by atoms with Gasteiger partial charge in [0.25, 0.3) is 5.91 Å². The predicted molar refractivity (Wildman–Crippen MR) is 91.1 cm³/mol. The van der Waals surface area contributed by atoms with Crippen molar-refractivity contribution in [2.45, 2.75) is 39.2 Å². The standard InChI is InChI=1S/C16H22ClN5O/c1-10(2)14-19-13(15(23)20-16(3,4)9-18)21-22(14)12-8-6-5-7-11(12)17/h5-8,10H,9,18H2,1-4H3,(H,20,23). The number of carbonyl (C=O) groups excluding carboxylic acids is 1. The van der Waals surface area contributed by atoms with Crippen LogP contribution in [0.4, 0.5) is 0 Å². The SMILES string of the molecule is CC(C)c1nc(C(=O)NC(C)(C)CN)nn1-c1ccccc1Cl. The van der Waals surface area contributed by atoms with E-state index in [4.69, 9.17) is 17.3 Å². The van der Waals surface area contributed by atoms with Gasteiger partial charge in [-0.1, -0.05) is 37.6 Å². The number of para-hydroxylation sites is 1. The number of benzene rings is 1. The molecule has 124 valence electrons. The first kappa shape index (κ1) is 17.4. The second-order valence-electron chi connectivity index (χ2n) is 6.35. The molecule has 0 aliphatic rings. The van der Waals surface area contributed by atoms with Gasteiger partial charge in [-0.05, 0) is 26.0 Å². The van der Waals surface area contributed by atoms with Crippen molar-refractivity contribution in [2.24, 2.45) is 5.73 Å². The van der Waals surface area contributed by atoms with Crippen LogP contribution in [0.25, 0.3) is 5.69 Å². The fraction of sp³-hybridized carbons (Fsp3) is 0.438. The molecule has 0 saturated carbocycles. The van der Waals surface area contributed by atoms with Crippen LogP contribution >= 0.6 is 11.6 Å². The Hall–Kier alpha value is -1.92. The molecule has 0 aliphatic heterocycles. The van der Waals surface area contributed by atoms with Gasteiger partial charge in [0.1, 0.15) is 5.82 Å². The topological polar surface area (TPSA) is 85.8 Å². The first-order valence-corrected chi connectivity index (χ1v) is 7.87. The van der Waals surface area contributed by atoms with Gasteiger partial charge in [0.2, 0.25) is 5.82 Å². The van der Waals surface area contributed by atoms with Crippen molar-refractivity contribution in [3.8, 4) is 5.69 Å². The highest BCUT2D eigenvalue weighted by atomic mass is 35.5. The third kappa shape index (κ3) is 3.89. The highest BCUT2D eigenvalue weighted by Crippen LogP contribution is 2.23. The molecule has 1 aromatic carbocycles. The van der Waals surface area contributed by atoms with E-state index in [-0.39, 0.29) is 17.6 Å². The van der Waals surface area contributed by atoms with Crippen molar-refractivity contribution in [3.63, 3.8) is 0 Å². The Morgan fingerprint density at radius 1 is 1.39 bits per heavy atom. The van der Waals surface area contributed by atoms with Crippen LogP contribution < -0.4 is 11.1 Å². The summed E-state index contributed by atoms with van der Waals surface area (Å²) < 4.78 is 1.62. The number of nitrogens with two attached hydrogens (primary N) is 1. The molecule has 23 heavy (non-hydrogen) atoms. The average Bonchev–Trinajstić information content (AvgIpc) is 2.92. The summed E-state index contributed by atoms with van der Waals surface area (Å²) in [6, 6.07) is 7.33. The number of rotatable bonds is 5. The van der Waals surface area contributed by atoms with Crippen LogP contribution in [0.2, 0.25) is 5.02 Å². The number of aromatic nitrogens is 3. The molecule has 1 aromatic heterocycles. The molecule has 3 N–H and O–H groups in total. The van der Waals surface area contributed by atoms with Crippen molar-refractivity contribution >= 4 is 17.5 Å². The number of halogens is 1. The minimum atomic E-state index is -0.523. The molecule has 0 bridgehead atoms. The predicted octanol–water partition coefficient (Wildman–Crippen LogP) is 2.51. The van der Waals surface area contributed by atoms with E-state index in [1.807, 2.05) is 45.9 Å². The summed E-state index contributed by atoms with van der Waals surface area (Å²) in [5.41, 5.74) is 5.82. The zero-order valence-electron chi connectivity index (χ0n) is 13.8. The fourth-order valence-corrected chi connectivity index (χ4v) is 2.22. The molecule has 0 spiro atoms. The summed E-state index contributed by atoms with van der Waals surface area (Å²) in [6.07, 6.45) is 0. The van der Waals surface area contributed by atoms with Crippen LogP contribution in [0.5, 0.6) is 0 Å². The second kappa shape index (κ2) is 6.68. The largest absolute Gasteiger partial charge is 0.343 e. The minimum absolute atomic E-state index is 0.0860. The molecular formula is C16H22ClN5O. The molecule has 2 aromatic rings. The fourth-order valence-electron chi connectivity index (χ4n) is 2.01. The lowest BCUT2D eigenvalue weighted by Crippen LogP contribution is -2.49. The number of carbonyl (C=O) groups is 1. The van der Waals surface area contributed by atoms with Gasteiger partial charge in [0.15, 0.2) is 0 Å². The molecule has 0 aliphatic carbocycles. The molecule has 0 saturated heterocycles. The monoisotopic (exact) mass is 335 g/mol. The van der Waals surface area contributed by atoms with Gasteiger partial charge in [-0.3, -0.25) is 4.79 Å². The Kier molecular flexibility index (Phi) is 5.06. The van der Waals surface area contributed by atoms with E-state index < -0.39 is 5.54 Å². The molecule has 2 rings (SSSR count). The highest BCUT2D eigenvalue weighted by molar-refractivity contribution is 6.32. The van der Waals surface area contributed by atoms with E-state index in [9.17, 15) is 4.79 Å². The van der Waals surface area contributed by atoms with Crippen LogP contribution in [0.15, 0.2) is 24.3 Å². The minimum Gasteiger partial charge on any atom is -0.343 e. The third-order valence-corrected chi connectivity index (χ3v) is 3.71. The van der Waals surface area contributed by atoms with Crippen LogP contribution in [-0.4, -0.2) is 32.8 Å². The van der Waals surface area contributed by atoms with Crippen molar-refractivity contribution in [3.05, 3.63) is 40.9 Å². The molecule has 1 heterocycles. The van der Waals surface area contributed by atoms with E-state index in [0.29, 0.717) is 23.1 Å². The van der Waals surface area contributed by atoms with Gasteiger partial charge in [0.05, 0.1) is 10.7 Å². The Labute approximate surface area is 141 Å². The summed E-state index contributed by atoms with van der Waals surface area (Å²) in [6.45, 7) is 7.99. The second-order valence-corrected chi connectivity index (χ2v) is 6.76. The molecule has 0 atom stereocenters. The van der Waals surface area contributed by atoms with E-state index in [2.05, 4.69) is 15.4 Å². The zero-order chi connectivity index (χ0) is 17.2. The molecule has 0 fully saturated rings. The van der Waals surface area contributed by atoms with Gasteiger partial charge in [-0.2, -0.15) is 0 Å². The van der Waals surface area contributed by atoms with Gasteiger partial charge in [0, 0.05) is 18.0 Å². The lowest BCUT2D eigenvalue weighted by Gasteiger charge is -2.23. The Bertz CT molecular complexity index is 708. The van der Waals surface area contributed by atoms with Crippen LogP contribution in [0.3, 0.4) is 0 Å². The van der Waals surface area contributed by atoms with E-state index >= 15 is 0 Å². The van der Waals surface area contributed by atoms with Crippen LogP contribution in [-0.2, 0) is 0 Å². The van der Waals surface area contributed by atoms with Crippen LogP contribution in [0, 0.1) is 0 Å². The van der Waals surface area contributed by atoms with E-state index in [0.717, 1.165) is 0 Å². The maximum Gasteiger partial charge on any atom is 0.291 e. The normalized spacial score (nSPS) is 11.8. The molecule has 7 heteroatoms. The summed E-state index contributed by atoms with van der Waals surface area (Å²) in [7, 11) is 0. The molecule has 1 amide bonds. The number of amides is 1. The summed E-state index contributed by atoms with van der Waals surface area (Å²) >= 11 is 6.25. The summed E-state index contributed by atoms with van der Waals surface area (Å²) in [5, 5.41) is 7.73. The van der Waals surface area contributed by atoms with E-state index in [1.165, 1.54) is 0 Å². The first-order valence-electron chi connectivity index (χ1n) is 7.49. The molecule has 6 nitrogen and oxygen atoms in total. The van der Waals surface area contributed by atoms with Gasteiger partial charge >= 0.3 is 0 Å². The lowest BCUT2D eigenvalue weighted by molar-refractivity contribution is 0.0905. The third-order valence-electron chi connectivity index (χ3n) is 3.39. The van der Waals surface area contributed by atoms with Gasteiger partial charge in [-0.15, -0.1) is 5.10 Å². The molecular weight excluding hydrogens is 314 g/mol. The Morgan fingerprint density at radius 3 is 2.61 bits per heavy atom. The molecule has 0 radical (unpaired) electrons. The number of nitrogens with one attached hydrogen (secondary N) is 1. The van der Waals surface area contributed by atoms with Crippen molar-refractivity contribution in [2.75, 3.05) is 6.54 Å². The number of hydrogen-bond acceptors (Lipinski definition) is 4. The zero-order valence-corrected chi connectivity index (χ0v) is 14.6. The number of hydrogen-bond donors (Lipinski definition) is 2. The van der Waals surface area contributed by atoms with Crippen molar-refractivity contribution in [1.82, 2.24) is 20.1 Å².